The Hall–Kier alpha value is -0.0700. The largest absolute Gasteiger partial charge is 0.591 e. The van der Waals surface area contributed by atoms with Crippen LogP contribution in [0.1, 0.15) is 27.2 Å². The van der Waals surface area contributed by atoms with Gasteiger partial charge >= 0.3 is 0 Å². The number of rotatable bonds is 4. The Morgan fingerprint density at radius 3 is 2.29 bits per heavy atom. The molecule has 0 aliphatic heterocycles. The fourth-order valence-corrected chi connectivity index (χ4v) is 1.64. The third-order valence-corrected chi connectivity index (χ3v) is 3.68. The lowest BCUT2D eigenvalue weighted by Gasteiger charge is -2.17. The summed E-state index contributed by atoms with van der Waals surface area (Å²) >= 11 is -1.29. The smallest absolute Gasteiger partial charge is 0.147 e. The number of nitrogens with zero attached hydrogens (tertiary/aromatic N) is 1. The summed E-state index contributed by atoms with van der Waals surface area (Å²) in [5.74, 6) is 0.0534. The van der Waals surface area contributed by atoms with Crippen LogP contribution >= 0.6 is 0 Å². The molecule has 0 saturated carbocycles. The van der Waals surface area contributed by atoms with E-state index < -0.39 is 21.2 Å². The highest BCUT2D eigenvalue weighted by Crippen LogP contribution is 2.16. The van der Waals surface area contributed by atoms with Crippen molar-refractivity contribution in [2.24, 2.45) is 4.40 Å². The van der Waals surface area contributed by atoms with Crippen LogP contribution in [0.15, 0.2) is 4.40 Å². The van der Waals surface area contributed by atoms with Gasteiger partial charge in [0.2, 0.25) is 0 Å². The molecular weight excluding hydrogens is 222 g/mol. The van der Waals surface area contributed by atoms with Crippen LogP contribution in [-0.4, -0.2) is 35.9 Å². The van der Waals surface area contributed by atoms with E-state index in [0.717, 1.165) is 0 Å². The quantitative estimate of drug-likeness (QED) is 0.542. The fourth-order valence-electron chi connectivity index (χ4n) is 0.545. The van der Waals surface area contributed by atoms with Crippen molar-refractivity contribution in [3.8, 4) is 0 Å². The molecule has 0 aromatic rings. The predicted molar refractivity (Wildman–Crippen MR) is 60.7 cm³/mol. The first kappa shape index (κ1) is 13.9. The van der Waals surface area contributed by atoms with Gasteiger partial charge in [0.15, 0.2) is 0 Å². The van der Waals surface area contributed by atoms with E-state index in [-0.39, 0.29) is 10.5 Å². The van der Waals surface area contributed by atoms with Gasteiger partial charge in [0.05, 0.1) is 12.0 Å². The van der Waals surface area contributed by atoms with E-state index in [1.165, 1.54) is 12.5 Å². The molecule has 0 rings (SSSR count). The van der Waals surface area contributed by atoms with Crippen molar-refractivity contribution in [2.75, 3.05) is 12.0 Å². The Morgan fingerprint density at radius 1 is 1.43 bits per heavy atom. The summed E-state index contributed by atoms with van der Waals surface area (Å²) in [7, 11) is -2.95. The van der Waals surface area contributed by atoms with Gasteiger partial charge in [-0.25, -0.2) is 8.42 Å². The van der Waals surface area contributed by atoms with Gasteiger partial charge in [-0.1, -0.05) is 4.40 Å². The molecule has 0 saturated heterocycles. The van der Waals surface area contributed by atoms with Crippen LogP contribution in [0.2, 0.25) is 0 Å². The molecule has 0 aliphatic carbocycles. The van der Waals surface area contributed by atoms with E-state index in [1.807, 2.05) is 20.8 Å². The van der Waals surface area contributed by atoms with Gasteiger partial charge in [-0.2, -0.15) is 0 Å². The van der Waals surface area contributed by atoms with Crippen LogP contribution in [-0.2, 0) is 21.2 Å². The molecule has 6 heteroatoms. The lowest BCUT2D eigenvalue weighted by Crippen LogP contribution is -2.25. The lowest BCUT2D eigenvalue weighted by molar-refractivity contribution is 0.561. The average Bonchev–Trinajstić information content (AvgIpc) is 1.93. The van der Waals surface area contributed by atoms with Crippen molar-refractivity contribution in [3.05, 3.63) is 0 Å². The van der Waals surface area contributed by atoms with Crippen LogP contribution in [0.4, 0.5) is 0 Å². The molecular formula is C8H17NO3S2. The summed E-state index contributed by atoms with van der Waals surface area (Å²) in [4.78, 5) is 0. The molecule has 0 amide bonds. The first-order chi connectivity index (χ1) is 6.13. The molecule has 1 unspecified atom stereocenters. The SMILES string of the molecule is CC(C)(C)[S+]([O-])N=CCCS(C)(=O)=O. The molecule has 0 fully saturated rings. The van der Waals surface area contributed by atoms with Gasteiger partial charge in [-0.15, -0.1) is 0 Å². The van der Waals surface area contributed by atoms with Crippen LogP contribution in [0.5, 0.6) is 0 Å². The second-order valence-electron chi connectivity index (χ2n) is 4.07. The summed E-state index contributed by atoms with van der Waals surface area (Å²) < 4.78 is 36.2. The summed E-state index contributed by atoms with van der Waals surface area (Å²) in [5.41, 5.74) is 0. The van der Waals surface area contributed by atoms with Gasteiger partial charge in [0.1, 0.15) is 25.9 Å². The molecule has 14 heavy (non-hydrogen) atoms. The normalized spacial score (nSPS) is 16.1. The van der Waals surface area contributed by atoms with E-state index in [2.05, 4.69) is 4.40 Å². The second kappa shape index (κ2) is 5.14. The molecule has 0 aromatic carbocycles. The van der Waals surface area contributed by atoms with Crippen molar-refractivity contribution < 1.29 is 13.0 Å². The highest BCUT2D eigenvalue weighted by Gasteiger charge is 2.25. The van der Waals surface area contributed by atoms with E-state index in [4.69, 9.17) is 0 Å². The minimum Gasteiger partial charge on any atom is -0.591 e. The zero-order valence-corrected chi connectivity index (χ0v) is 10.6. The highest BCUT2D eigenvalue weighted by atomic mass is 32.2. The topological polar surface area (TPSA) is 69.6 Å². The van der Waals surface area contributed by atoms with Crippen LogP contribution < -0.4 is 0 Å². The molecule has 1 atom stereocenters. The standard InChI is InChI=1S/C8H17NO3S2/c1-8(2,3)13(10)9-6-5-7-14(4,11)12/h6H,5,7H2,1-4H3. The zero-order valence-electron chi connectivity index (χ0n) is 8.98. The Balaban J connectivity index is 3.97. The molecule has 0 heterocycles. The summed E-state index contributed by atoms with van der Waals surface area (Å²) in [6.07, 6.45) is 2.91. The van der Waals surface area contributed by atoms with Gasteiger partial charge in [0.25, 0.3) is 0 Å². The average molecular weight is 239 g/mol. The van der Waals surface area contributed by atoms with E-state index in [1.54, 1.807) is 0 Å². The van der Waals surface area contributed by atoms with E-state index in [9.17, 15) is 13.0 Å². The molecule has 0 aromatic heterocycles. The number of sulfone groups is 1. The molecule has 0 spiro atoms. The Bertz CT molecular complexity index is 290. The van der Waals surface area contributed by atoms with Crippen LogP contribution in [0.3, 0.4) is 0 Å². The van der Waals surface area contributed by atoms with Crippen LogP contribution in [0.25, 0.3) is 0 Å². The molecule has 0 N–H and O–H groups in total. The number of hydrogen-bond donors (Lipinski definition) is 0. The van der Waals surface area contributed by atoms with Crippen LogP contribution in [0, 0.1) is 0 Å². The van der Waals surface area contributed by atoms with Crippen molar-refractivity contribution in [2.45, 2.75) is 31.9 Å². The van der Waals surface area contributed by atoms with E-state index in [0.29, 0.717) is 6.42 Å². The predicted octanol–water partition coefficient (Wildman–Crippen LogP) is 0.954. The highest BCUT2D eigenvalue weighted by molar-refractivity contribution is 7.91. The summed E-state index contributed by atoms with van der Waals surface area (Å²) in [5, 5.41) is 0. The lowest BCUT2D eigenvalue weighted by atomic mass is 10.3. The summed E-state index contributed by atoms with van der Waals surface area (Å²) in [6.45, 7) is 5.45. The van der Waals surface area contributed by atoms with Crippen molar-refractivity contribution >= 4 is 27.4 Å². The number of hydrogen-bond acceptors (Lipinski definition) is 4. The monoisotopic (exact) mass is 239 g/mol. The second-order valence-corrected chi connectivity index (χ2v) is 8.26. The third-order valence-electron chi connectivity index (χ3n) is 1.31. The van der Waals surface area contributed by atoms with E-state index >= 15 is 0 Å². The molecule has 4 nitrogen and oxygen atoms in total. The first-order valence-corrected chi connectivity index (χ1v) is 7.42. The third kappa shape index (κ3) is 7.34. The molecule has 84 valence electrons. The maximum atomic E-state index is 11.4. The van der Waals surface area contributed by atoms with Gasteiger partial charge in [0, 0.05) is 12.7 Å². The molecule has 0 bridgehead atoms. The van der Waals surface area contributed by atoms with Gasteiger partial charge < -0.3 is 4.55 Å². The zero-order chi connectivity index (χ0) is 11.4. The summed E-state index contributed by atoms with van der Waals surface area (Å²) in [6, 6.07) is 0. The molecule has 0 aliphatic rings. The fraction of sp³-hybridized carbons (Fsp3) is 0.875. The van der Waals surface area contributed by atoms with Gasteiger partial charge in [-0.3, -0.25) is 0 Å². The molecule has 0 radical (unpaired) electrons. The van der Waals surface area contributed by atoms with Gasteiger partial charge in [-0.05, 0) is 20.8 Å². The minimum absolute atomic E-state index is 0.0534. The first-order valence-electron chi connectivity index (χ1n) is 4.25. The Morgan fingerprint density at radius 2 is 1.93 bits per heavy atom. The maximum absolute atomic E-state index is 11.4. The maximum Gasteiger partial charge on any atom is 0.147 e. The van der Waals surface area contributed by atoms with Crippen molar-refractivity contribution in [3.63, 3.8) is 0 Å². The minimum atomic E-state index is -2.95. The Labute approximate surface area is 89.0 Å². The van der Waals surface area contributed by atoms with Crippen molar-refractivity contribution in [1.29, 1.82) is 0 Å². The van der Waals surface area contributed by atoms with Crippen molar-refractivity contribution in [1.82, 2.24) is 0 Å². The Kier molecular flexibility index (Phi) is 5.11.